The van der Waals surface area contributed by atoms with E-state index in [0.717, 1.165) is 25.7 Å². The third-order valence-electron chi connectivity index (χ3n) is 3.12. The quantitative estimate of drug-likeness (QED) is 0.447. The molecule has 1 saturated carbocycles. The maximum absolute atomic E-state index is 10.2. The third-order valence-corrected chi connectivity index (χ3v) is 3.80. The van der Waals surface area contributed by atoms with Crippen LogP contribution in [0.1, 0.15) is 32.1 Å². The van der Waals surface area contributed by atoms with Gasteiger partial charge in [0.15, 0.2) is 0 Å². The van der Waals surface area contributed by atoms with Crippen LogP contribution in [0.2, 0.25) is 0 Å². The Morgan fingerprint density at radius 1 is 1.60 bits per heavy atom. The molecule has 3 nitrogen and oxygen atoms in total. The van der Waals surface area contributed by atoms with Crippen molar-refractivity contribution < 1.29 is 9.29 Å². The maximum Gasteiger partial charge on any atom is 0.0816 e. The first kappa shape index (κ1) is 13.0. The molecule has 1 fully saturated rings. The van der Waals surface area contributed by atoms with Crippen molar-refractivity contribution in [1.82, 2.24) is 4.31 Å². The molecule has 0 aromatic rings. The summed E-state index contributed by atoms with van der Waals surface area (Å²) in [4.78, 5) is 0. The number of hydrogen-bond donors (Lipinski definition) is 1. The van der Waals surface area contributed by atoms with Crippen LogP contribution in [-0.4, -0.2) is 35.2 Å². The average molecular weight is 231 g/mol. The molecule has 4 heteroatoms. The van der Waals surface area contributed by atoms with E-state index in [9.17, 15) is 5.11 Å². The van der Waals surface area contributed by atoms with Crippen LogP contribution in [0.15, 0.2) is 12.7 Å². The Kier molecular flexibility index (Phi) is 5.12. The molecule has 0 aromatic heterocycles. The molecule has 0 unspecified atom stereocenters. The summed E-state index contributed by atoms with van der Waals surface area (Å²) in [6.07, 6.45) is 6.29. The van der Waals surface area contributed by atoms with Gasteiger partial charge in [-0.3, -0.25) is 0 Å². The molecule has 1 N–H and O–H groups in total. The van der Waals surface area contributed by atoms with E-state index >= 15 is 0 Å². The SMILES string of the molecule is C=CCC1(O)CCC(N(C)SOC)CC1. The fourth-order valence-corrected chi connectivity index (χ4v) is 2.72. The minimum atomic E-state index is -0.503. The van der Waals surface area contributed by atoms with Crippen LogP contribution in [0.5, 0.6) is 0 Å². The molecule has 88 valence electrons. The number of aliphatic hydroxyl groups is 1. The first-order valence-corrected chi connectivity index (χ1v) is 6.08. The van der Waals surface area contributed by atoms with E-state index in [2.05, 4.69) is 10.9 Å². The molecule has 1 aliphatic rings. The average Bonchev–Trinajstić information content (AvgIpc) is 2.19. The lowest BCUT2D eigenvalue weighted by atomic mass is 9.80. The van der Waals surface area contributed by atoms with E-state index in [1.807, 2.05) is 13.1 Å². The Bertz CT molecular complexity index is 203. The second kappa shape index (κ2) is 5.89. The lowest BCUT2D eigenvalue weighted by Crippen LogP contribution is -2.39. The van der Waals surface area contributed by atoms with Gasteiger partial charge in [0.1, 0.15) is 0 Å². The van der Waals surface area contributed by atoms with E-state index in [4.69, 9.17) is 4.18 Å². The van der Waals surface area contributed by atoms with E-state index in [-0.39, 0.29) is 0 Å². The molecule has 1 aliphatic carbocycles. The largest absolute Gasteiger partial charge is 0.390 e. The summed E-state index contributed by atoms with van der Waals surface area (Å²) in [6, 6.07) is 0.514. The van der Waals surface area contributed by atoms with Gasteiger partial charge in [0, 0.05) is 6.04 Å². The molecule has 0 saturated heterocycles. The summed E-state index contributed by atoms with van der Waals surface area (Å²) in [7, 11) is 3.72. The molecule has 15 heavy (non-hydrogen) atoms. The molecule has 0 aromatic carbocycles. The van der Waals surface area contributed by atoms with Gasteiger partial charge in [0.05, 0.1) is 24.9 Å². The number of hydrogen-bond acceptors (Lipinski definition) is 4. The fourth-order valence-electron chi connectivity index (χ4n) is 2.15. The summed E-state index contributed by atoms with van der Waals surface area (Å²) in [5.41, 5.74) is -0.503. The van der Waals surface area contributed by atoms with Crippen molar-refractivity contribution in [1.29, 1.82) is 0 Å². The van der Waals surface area contributed by atoms with E-state index in [1.54, 1.807) is 7.11 Å². The highest BCUT2D eigenvalue weighted by molar-refractivity contribution is 7.92. The first-order chi connectivity index (χ1) is 7.11. The van der Waals surface area contributed by atoms with Crippen molar-refractivity contribution in [2.24, 2.45) is 0 Å². The second-order valence-corrected chi connectivity index (χ2v) is 5.29. The van der Waals surface area contributed by atoms with Crippen molar-refractivity contribution >= 4 is 12.2 Å². The summed E-state index contributed by atoms with van der Waals surface area (Å²) < 4.78 is 7.15. The molecule has 0 atom stereocenters. The van der Waals surface area contributed by atoms with Crippen molar-refractivity contribution in [2.45, 2.75) is 43.7 Å². The Labute approximate surface area is 96.8 Å². The molecule has 0 amide bonds. The Balaban J connectivity index is 2.37. The molecule has 0 heterocycles. The van der Waals surface area contributed by atoms with Crippen molar-refractivity contribution in [3.8, 4) is 0 Å². The normalized spacial score (nSPS) is 31.9. The van der Waals surface area contributed by atoms with Crippen LogP contribution in [0.3, 0.4) is 0 Å². The zero-order valence-corrected chi connectivity index (χ0v) is 10.4. The van der Waals surface area contributed by atoms with Gasteiger partial charge in [-0.1, -0.05) is 6.08 Å². The molecule has 0 aliphatic heterocycles. The van der Waals surface area contributed by atoms with Crippen LogP contribution < -0.4 is 0 Å². The van der Waals surface area contributed by atoms with Crippen LogP contribution in [0.4, 0.5) is 0 Å². The Hall–Kier alpha value is -0.0300. The first-order valence-electron chi connectivity index (χ1n) is 5.38. The van der Waals surface area contributed by atoms with E-state index in [0.29, 0.717) is 12.5 Å². The van der Waals surface area contributed by atoms with Crippen molar-refractivity contribution in [2.75, 3.05) is 14.2 Å². The topological polar surface area (TPSA) is 32.7 Å². The van der Waals surface area contributed by atoms with Gasteiger partial charge < -0.3 is 9.29 Å². The van der Waals surface area contributed by atoms with Gasteiger partial charge in [-0.15, -0.1) is 6.58 Å². The van der Waals surface area contributed by atoms with Crippen LogP contribution >= 0.6 is 12.2 Å². The van der Waals surface area contributed by atoms with E-state index < -0.39 is 5.60 Å². The Morgan fingerprint density at radius 3 is 2.67 bits per heavy atom. The summed E-state index contributed by atoms with van der Waals surface area (Å²) in [5.74, 6) is 0. The summed E-state index contributed by atoms with van der Waals surface area (Å²) in [6.45, 7) is 3.69. The lowest BCUT2D eigenvalue weighted by Gasteiger charge is -2.38. The summed E-state index contributed by atoms with van der Waals surface area (Å²) in [5, 5.41) is 10.2. The zero-order valence-electron chi connectivity index (χ0n) is 9.61. The van der Waals surface area contributed by atoms with Gasteiger partial charge in [-0.25, -0.2) is 4.31 Å². The van der Waals surface area contributed by atoms with Crippen LogP contribution in [0, 0.1) is 0 Å². The maximum atomic E-state index is 10.2. The number of rotatable bonds is 5. The van der Waals surface area contributed by atoms with Crippen molar-refractivity contribution in [3.63, 3.8) is 0 Å². The molecule has 0 bridgehead atoms. The predicted molar refractivity (Wildman–Crippen MR) is 64.4 cm³/mol. The van der Waals surface area contributed by atoms with Crippen LogP contribution in [-0.2, 0) is 4.18 Å². The van der Waals surface area contributed by atoms with Gasteiger partial charge in [0.2, 0.25) is 0 Å². The Morgan fingerprint density at radius 2 is 2.20 bits per heavy atom. The zero-order chi connectivity index (χ0) is 11.3. The number of nitrogens with zero attached hydrogens (tertiary/aromatic N) is 1. The lowest BCUT2D eigenvalue weighted by molar-refractivity contribution is -0.00630. The minimum absolute atomic E-state index is 0.503. The predicted octanol–water partition coefficient (Wildman–Crippen LogP) is 2.38. The highest BCUT2D eigenvalue weighted by Crippen LogP contribution is 2.34. The highest BCUT2D eigenvalue weighted by Gasteiger charge is 2.33. The highest BCUT2D eigenvalue weighted by atomic mass is 32.2. The minimum Gasteiger partial charge on any atom is -0.390 e. The van der Waals surface area contributed by atoms with Gasteiger partial charge in [-0.05, 0) is 39.2 Å². The van der Waals surface area contributed by atoms with Gasteiger partial charge in [0.25, 0.3) is 0 Å². The monoisotopic (exact) mass is 231 g/mol. The molecular weight excluding hydrogens is 210 g/mol. The van der Waals surface area contributed by atoms with Crippen molar-refractivity contribution in [3.05, 3.63) is 12.7 Å². The standard InChI is InChI=1S/C11H21NO2S/c1-4-7-11(13)8-5-10(6-9-11)12(2)15-14-3/h4,10,13H,1,5-9H2,2-3H3. The van der Waals surface area contributed by atoms with E-state index in [1.165, 1.54) is 12.2 Å². The van der Waals surface area contributed by atoms with Gasteiger partial charge in [-0.2, -0.15) is 0 Å². The van der Waals surface area contributed by atoms with Gasteiger partial charge >= 0.3 is 0 Å². The van der Waals surface area contributed by atoms with Crippen LogP contribution in [0.25, 0.3) is 0 Å². The molecule has 0 spiro atoms. The third kappa shape index (κ3) is 3.79. The fraction of sp³-hybridized carbons (Fsp3) is 0.818. The second-order valence-electron chi connectivity index (χ2n) is 4.24. The molecule has 1 rings (SSSR count). The molecule has 0 radical (unpaired) electrons. The molecular formula is C11H21NO2S. The smallest absolute Gasteiger partial charge is 0.0816 e. The summed E-state index contributed by atoms with van der Waals surface area (Å²) >= 11 is 1.38.